The first kappa shape index (κ1) is 22.8. The van der Waals surface area contributed by atoms with Crippen LogP contribution in [0.1, 0.15) is 5.69 Å². The first-order valence-corrected chi connectivity index (χ1v) is 11.6. The normalized spacial score (nSPS) is 12.7. The Hall–Kier alpha value is -3.96. The molecular formula is C23H18ClN5O5S. The molecule has 0 spiro atoms. The van der Waals surface area contributed by atoms with Crippen LogP contribution >= 0.6 is 23.1 Å². The van der Waals surface area contributed by atoms with Gasteiger partial charge in [0.15, 0.2) is 22.1 Å². The first-order valence-electron chi connectivity index (χ1n) is 10.4. The van der Waals surface area contributed by atoms with Crippen LogP contribution in [0.25, 0.3) is 21.5 Å². The van der Waals surface area contributed by atoms with Gasteiger partial charge >= 0.3 is 5.97 Å². The molecule has 2 aromatic carbocycles. The minimum atomic E-state index is -1.05. The SMILES string of the molecule is COc1nc2c(Nc3cccc(-c4ccc5c(c4)OCCO5)c3Cl)nsc2nc1C=NCC(=O)O. The third-order valence-corrected chi connectivity index (χ3v) is 6.18. The van der Waals surface area contributed by atoms with E-state index in [1.165, 1.54) is 13.3 Å². The number of anilines is 2. The maximum Gasteiger partial charge on any atom is 0.325 e. The number of aliphatic imine (C=N–C) groups is 1. The molecule has 0 aliphatic carbocycles. The summed E-state index contributed by atoms with van der Waals surface area (Å²) in [5.41, 5.74) is 3.14. The van der Waals surface area contributed by atoms with Crippen molar-refractivity contribution < 1.29 is 24.1 Å². The number of hydrogen-bond acceptors (Lipinski definition) is 10. The Morgan fingerprint density at radius 3 is 2.89 bits per heavy atom. The van der Waals surface area contributed by atoms with Gasteiger partial charge in [0.1, 0.15) is 31.0 Å². The lowest BCUT2D eigenvalue weighted by Gasteiger charge is -2.19. The van der Waals surface area contributed by atoms with E-state index in [-0.39, 0.29) is 12.4 Å². The van der Waals surface area contributed by atoms with Crippen molar-refractivity contribution in [2.24, 2.45) is 4.99 Å². The summed E-state index contributed by atoms with van der Waals surface area (Å²) >= 11 is 7.91. The second-order valence-corrected chi connectivity index (χ2v) is 8.45. The highest BCUT2D eigenvalue weighted by atomic mass is 35.5. The summed E-state index contributed by atoms with van der Waals surface area (Å²) in [6, 6.07) is 11.4. The molecule has 0 amide bonds. The maximum atomic E-state index is 10.7. The number of halogens is 1. The van der Waals surface area contributed by atoms with Gasteiger partial charge in [-0.1, -0.05) is 29.8 Å². The molecular weight excluding hydrogens is 494 g/mol. The number of fused-ring (bicyclic) bond motifs is 2. The van der Waals surface area contributed by atoms with Gasteiger partial charge in [-0.25, -0.2) is 9.97 Å². The third kappa shape index (κ3) is 4.68. The van der Waals surface area contributed by atoms with Crippen LogP contribution in [0.4, 0.5) is 11.5 Å². The van der Waals surface area contributed by atoms with E-state index in [1.54, 1.807) is 0 Å². The minimum Gasteiger partial charge on any atom is -0.486 e. The van der Waals surface area contributed by atoms with Crippen LogP contribution in [0.2, 0.25) is 5.02 Å². The number of benzene rings is 2. The Balaban J connectivity index is 1.46. The lowest BCUT2D eigenvalue weighted by atomic mass is 10.0. The van der Waals surface area contributed by atoms with Crippen molar-refractivity contribution in [1.29, 1.82) is 0 Å². The Morgan fingerprint density at radius 2 is 2.09 bits per heavy atom. The summed E-state index contributed by atoms with van der Waals surface area (Å²) < 4.78 is 21.1. The summed E-state index contributed by atoms with van der Waals surface area (Å²) in [4.78, 5) is 24.0. The van der Waals surface area contributed by atoms with Crippen molar-refractivity contribution in [1.82, 2.24) is 14.3 Å². The van der Waals surface area contributed by atoms with Gasteiger partial charge < -0.3 is 24.6 Å². The molecule has 1 aliphatic rings. The highest BCUT2D eigenvalue weighted by molar-refractivity contribution is 7.13. The number of carbonyl (C=O) groups is 1. The van der Waals surface area contributed by atoms with Crippen molar-refractivity contribution >= 4 is 57.2 Å². The number of hydrogen-bond donors (Lipinski definition) is 2. The number of aliphatic carboxylic acids is 1. The Labute approximate surface area is 208 Å². The van der Waals surface area contributed by atoms with Crippen LogP contribution in [0.5, 0.6) is 17.4 Å². The van der Waals surface area contributed by atoms with Gasteiger partial charge in [-0.15, -0.1) is 0 Å². The fourth-order valence-electron chi connectivity index (χ4n) is 3.48. The topological polar surface area (TPSA) is 128 Å². The predicted octanol–water partition coefficient (Wildman–Crippen LogP) is 4.43. The van der Waals surface area contributed by atoms with E-state index in [4.69, 9.17) is 30.9 Å². The maximum absolute atomic E-state index is 10.7. The predicted molar refractivity (Wildman–Crippen MR) is 133 cm³/mol. The number of carboxylic acid groups (broad SMARTS) is 1. The molecule has 2 N–H and O–H groups in total. The second-order valence-electron chi connectivity index (χ2n) is 7.32. The molecule has 0 unspecified atom stereocenters. The Kier molecular flexibility index (Phi) is 6.34. The van der Waals surface area contributed by atoms with E-state index >= 15 is 0 Å². The summed E-state index contributed by atoms with van der Waals surface area (Å²) in [5, 5.41) is 12.5. The molecule has 5 rings (SSSR count). The van der Waals surface area contributed by atoms with Crippen LogP contribution in [0.15, 0.2) is 41.4 Å². The number of ether oxygens (including phenoxy) is 3. The fraction of sp³-hybridized carbons (Fsp3) is 0.174. The van der Waals surface area contributed by atoms with E-state index in [2.05, 4.69) is 24.7 Å². The van der Waals surface area contributed by atoms with Crippen molar-refractivity contribution in [2.45, 2.75) is 0 Å². The summed E-state index contributed by atoms with van der Waals surface area (Å²) in [6.45, 7) is 0.648. The van der Waals surface area contributed by atoms with E-state index in [1.807, 2.05) is 36.4 Å². The lowest BCUT2D eigenvalue weighted by molar-refractivity contribution is -0.135. The standard InChI is InChI=1S/C23H18ClN5O5S/c1-32-22-15(10-25-11-18(30)31)27-23-20(28-22)21(29-35-23)26-14-4-2-3-13(19(14)24)12-5-6-16-17(9-12)34-8-7-33-16/h2-6,9-10H,7-8,11H2,1H3,(H,26,29)(H,30,31). The summed E-state index contributed by atoms with van der Waals surface area (Å²) in [5.74, 6) is 1.00. The zero-order valence-electron chi connectivity index (χ0n) is 18.3. The van der Waals surface area contributed by atoms with Crippen molar-refractivity contribution in [3.63, 3.8) is 0 Å². The van der Waals surface area contributed by atoms with E-state index in [9.17, 15) is 4.79 Å². The number of nitrogens with one attached hydrogen (secondary N) is 1. The number of aromatic nitrogens is 3. The molecule has 0 fully saturated rings. The molecule has 178 valence electrons. The molecule has 1 aliphatic heterocycles. The molecule has 0 radical (unpaired) electrons. The van der Waals surface area contributed by atoms with Gasteiger partial charge in [0.05, 0.1) is 24.0 Å². The second kappa shape index (κ2) is 9.72. The number of nitrogens with zero attached hydrogens (tertiary/aromatic N) is 4. The highest BCUT2D eigenvalue weighted by Crippen LogP contribution is 2.40. The smallest absolute Gasteiger partial charge is 0.325 e. The average Bonchev–Trinajstić information content (AvgIpc) is 3.25. The van der Waals surface area contributed by atoms with Crippen LogP contribution in [0.3, 0.4) is 0 Å². The summed E-state index contributed by atoms with van der Waals surface area (Å²) in [6.07, 6.45) is 1.32. The van der Waals surface area contributed by atoms with Crippen LogP contribution < -0.4 is 19.5 Å². The van der Waals surface area contributed by atoms with E-state index < -0.39 is 5.97 Å². The monoisotopic (exact) mass is 511 g/mol. The zero-order chi connectivity index (χ0) is 24.4. The number of rotatable bonds is 7. The largest absolute Gasteiger partial charge is 0.486 e. The zero-order valence-corrected chi connectivity index (χ0v) is 19.9. The molecule has 0 bridgehead atoms. The van der Waals surface area contributed by atoms with Gasteiger partial charge in [-0.2, -0.15) is 4.37 Å². The van der Waals surface area contributed by atoms with Crippen molar-refractivity contribution in [3.05, 3.63) is 47.1 Å². The number of carboxylic acids is 1. The fourth-order valence-corrected chi connectivity index (χ4v) is 4.44. The van der Waals surface area contributed by atoms with Gasteiger partial charge in [0.25, 0.3) is 0 Å². The van der Waals surface area contributed by atoms with Crippen LogP contribution in [0, 0.1) is 0 Å². The molecule has 3 heterocycles. The van der Waals surface area contributed by atoms with Gasteiger partial charge in [-0.05, 0) is 35.3 Å². The number of methoxy groups -OCH3 is 1. The molecule has 4 aromatic rings. The van der Waals surface area contributed by atoms with E-state index in [0.717, 1.165) is 22.7 Å². The van der Waals surface area contributed by atoms with E-state index in [0.29, 0.717) is 57.3 Å². The molecule has 0 atom stereocenters. The highest BCUT2D eigenvalue weighted by Gasteiger charge is 2.18. The van der Waals surface area contributed by atoms with Crippen molar-refractivity contribution in [3.8, 4) is 28.5 Å². The summed E-state index contributed by atoms with van der Waals surface area (Å²) in [7, 11) is 1.45. The molecule has 12 heteroatoms. The Morgan fingerprint density at radius 1 is 1.26 bits per heavy atom. The van der Waals surface area contributed by atoms with Gasteiger partial charge in [-0.3, -0.25) is 9.79 Å². The average molecular weight is 512 g/mol. The Bertz CT molecular complexity index is 1460. The molecule has 0 saturated carbocycles. The first-order chi connectivity index (χ1) is 17.0. The molecule has 0 saturated heterocycles. The van der Waals surface area contributed by atoms with Crippen LogP contribution in [-0.4, -0.2) is 58.5 Å². The van der Waals surface area contributed by atoms with Crippen molar-refractivity contribution in [2.75, 3.05) is 32.2 Å². The molecule has 2 aromatic heterocycles. The lowest BCUT2D eigenvalue weighted by Crippen LogP contribution is -2.15. The minimum absolute atomic E-state index is 0.200. The third-order valence-electron chi connectivity index (χ3n) is 5.04. The molecule has 10 nitrogen and oxygen atoms in total. The van der Waals surface area contributed by atoms with Gasteiger partial charge in [0.2, 0.25) is 5.88 Å². The quantitative estimate of drug-likeness (QED) is 0.346. The molecule has 35 heavy (non-hydrogen) atoms. The van der Waals surface area contributed by atoms with Gasteiger partial charge in [0, 0.05) is 5.56 Å². The van der Waals surface area contributed by atoms with Crippen LogP contribution in [-0.2, 0) is 4.79 Å².